The van der Waals surface area contributed by atoms with Crippen molar-refractivity contribution in [3.8, 4) is 0 Å². The van der Waals surface area contributed by atoms with E-state index in [0.717, 1.165) is 4.47 Å². The molecule has 154 valence electrons. The number of nitrogens with zero attached hydrogens (tertiary/aromatic N) is 1. The molecule has 3 rings (SSSR count). The highest BCUT2D eigenvalue weighted by molar-refractivity contribution is 9.10. The van der Waals surface area contributed by atoms with E-state index < -0.39 is 11.1 Å². The number of benzene rings is 1. The van der Waals surface area contributed by atoms with Crippen LogP contribution in [0.4, 0.5) is 4.39 Å². The molecular formula is C20H25BrFNO4S. The predicted molar refractivity (Wildman–Crippen MR) is 111 cm³/mol. The van der Waals surface area contributed by atoms with Gasteiger partial charge in [0.15, 0.2) is 0 Å². The molecule has 2 heterocycles. The van der Waals surface area contributed by atoms with Gasteiger partial charge in [0.05, 0.1) is 30.8 Å². The summed E-state index contributed by atoms with van der Waals surface area (Å²) in [5.74, 6) is -0.0406. The van der Waals surface area contributed by atoms with Crippen LogP contribution in [0.1, 0.15) is 39.2 Å². The Balaban J connectivity index is 1.97. The maximum Gasteiger partial charge on any atom is 0.312 e. The lowest BCUT2D eigenvalue weighted by Crippen LogP contribution is -2.50. The number of halogens is 2. The summed E-state index contributed by atoms with van der Waals surface area (Å²) in [7, 11) is 0. The van der Waals surface area contributed by atoms with Crippen LogP contribution in [0.15, 0.2) is 27.7 Å². The first-order chi connectivity index (χ1) is 13.1. The SMILES string of the molecule is CC(C)(C)OC(=O)CC1=N[C@@]2(c3cc(Br)ccc3F)CO[C@@H](CO)C[C@H]2CS1. The van der Waals surface area contributed by atoms with E-state index in [4.69, 9.17) is 14.5 Å². The number of hydrogen-bond donors (Lipinski definition) is 1. The molecule has 28 heavy (non-hydrogen) atoms. The molecule has 0 unspecified atom stereocenters. The van der Waals surface area contributed by atoms with Crippen LogP contribution < -0.4 is 0 Å². The van der Waals surface area contributed by atoms with Crippen LogP contribution in [0.25, 0.3) is 0 Å². The zero-order chi connectivity index (χ0) is 20.5. The zero-order valence-corrected chi connectivity index (χ0v) is 18.6. The highest BCUT2D eigenvalue weighted by Crippen LogP contribution is 2.48. The van der Waals surface area contributed by atoms with Gasteiger partial charge < -0.3 is 14.6 Å². The summed E-state index contributed by atoms with van der Waals surface area (Å²) in [6, 6.07) is 4.79. The Kier molecular flexibility index (Phi) is 6.54. The topological polar surface area (TPSA) is 68.1 Å². The molecule has 0 saturated carbocycles. The second kappa shape index (κ2) is 8.42. The molecule has 0 spiro atoms. The fourth-order valence-electron chi connectivity index (χ4n) is 3.63. The molecule has 3 atom stereocenters. The van der Waals surface area contributed by atoms with Crippen molar-refractivity contribution in [3.05, 3.63) is 34.1 Å². The number of hydrogen-bond acceptors (Lipinski definition) is 6. The highest BCUT2D eigenvalue weighted by Gasteiger charge is 2.49. The maximum atomic E-state index is 14.8. The predicted octanol–water partition coefficient (Wildman–Crippen LogP) is 4.06. The van der Waals surface area contributed by atoms with E-state index in [9.17, 15) is 14.3 Å². The lowest BCUT2D eigenvalue weighted by atomic mass is 9.75. The lowest BCUT2D eigenvalue weighted by molar-refractivity contribution is -0.153. The Hall–Kier alpha value is -0.960. The molecule has 0 amide bonds. The van der Waals surface area contributed by atoms with Crippen molar-refractivity contribution < 1.29 is 23.8 Å². The van der Waals surface area contributed by atoms with Crippen LogP contribution in [0.2, 0.25) is 0 Å². The van der Waals surface area contributed by atoms with Gasteiger partial charge in [0.25, 0.3) is 0 Å². The van der Waals surface area contributed by atoms with Gasteiger partial charge >= 0.3 is 5.97 Å². The average molecular weight is 474 g/mol. The summed E-state index contributed by atoms with van der Waals surface area (Å²) in [6.07, 6.45) is 0.352. The van der Waals surface area contributed by atoms with Crippen LogP contribution in [0.3, 0.4) is 0 Å². The Bertz CT molecular complexity index is 782. The molecular weight excluding hydrogens is 449 g/mol. The van der Waals surface area contributed by atoms with Gasteiger partial charge in [0, 0.05) is 21.7 Å². The fraction of sp³-hybridized carbons (Fsp3) is 0.600. The van der Waals surface area contributed by atoms with E-state index in [1.807, 2.05) is 20.8 Å². The van der Waals surface area contributed by atoms with E-state index in [-0.39, 0.29) is 43.4 Å². The molecule has 2 aliphatic heterocycles. The number of carbonyl (C=O) groups excluding carboxylic acids is 1. The van der Waals surface area contributed by atoms with Crippen LogP contribution in [-0.4, -0.2) is 46.8 Å². The number of carbonyl (C=O) groups is 1. The van der Waals surface area contributed by atoms with Crippen LogP contribution >= 0.6 is 27.7 Å². The first-order valence-corrected chi connectivity index (χ1v) is 11.0. The molecule has 8 heteroatoms. The average Bonchev–Trinajstić information content (AvgIpc) is 2.61. The maximum absolute atomic E-state index is 14.8. The van der Waals surface area contributed by atoms with Gasteiger partial charge in [0.2, 0.25) is 0 Å². The van der Waals surface area contributed by atoms with Crippen molar-refractivity contribution in [2.24, 2.45) is 10.9 Å². The molecule has 2 aliphatic rings. The minimum Gasteiger partial charge on any atom is -0.460 e. The van der Waals surface area contributed by atoms with Gasteiger partial charge in [-0.05, 0) is 45.4 Å². The molecule has 0 aliphatic carbocycles. The van der Waals surface area contributed by atoms with Crippen molar-refractivity contribution in [3.63, 3.8) is 0 Å². The van der Waals surface area contributed by atoms with Gasteiger partial charge in [-0.1, -0.05) is 15.9 Å². The monoisotopic (exact) mass is 473 g/mol. The number of rotatable bonds is 4. The summed E-state index contributed by atoms with van der Waals surface area (Å²) in [5, 5.41) is 10.1. The molecule has 1 aromatic rings. The summed E-state index contributed by atoms with van der Waals surface area (Å²) in [5.41, 5.74) is -1.04. The van der Waals surface area contributed by atoms with Crippen LogP contribution in [0.5, 0.6) is 0 Å². The summed E-state index contributed by atoms with van der Waals surface area (Å²) < 4.78 is 26.8. The second-order valence-corrected chi connectivity index (χ2v) is 10.2. The van der Waals surface area contributed by atoms with Crippen molar-refractivity contribution in [1.82, 2.24) is 0 Å². The number of fused-ring (bicyclic) bond motifs is 1. The molecule has 1 aromatic carbocycles. The fourth-order valence-corrected chi connectivity index (χ4v) is 5.24. The highest BCUT2D eigenvalue weighted by atomic mass is 79.9. The third kappa shape index (κ3) is 4.78. The van der Waals surface area contributed by atoms with Gasteiger partial charge in [-0.15, -0.1) is 11.8 Å². The second-order valence-electron chi connectivity index (χ2n) is 8.18. The van der Waals surface area contributed by atoms with Crippen molar-refractivity contribution in [2.45, 2.75) is 50.9 Å². The summed E-state index contributed by atoms with van der Waals surface area (Å²) >= 11 is 4.91. The Labute approximate surface area is 177 Å². The number of aliphatic imine (C=N–C) groups is 1. The first-order valence-electron chi connectivity index (χ1n) is 9.24. The van der Waals surface area contributed by atoms with Gasteiger partial charge in [0.1, 0.15) is 17.0 Å². The molecule has 1 N–H and O–H groups in total. The van der Waals surface area contributed by atoms with Crippen molar-refractivity contribution in [2.75, 3.05) is 19.0 Å². The minimum absolute atomic E-state index is 0.00501. The van der Waals surface area contributed by atoms with Gasteiger partial charge in [-0.3, -0.25) is 9.79 Å². The molecule has 0 bridgehead atoms. The summed E-state index contributed by atoms with van der Waals surface area (Å²) in [6.45, 7) is 5.54. The third-order valence-corrected chi connectivity index (χ3v) is 6.48. The normalized spacial score (nSPS) is 27.7. The van der Waals surface area contributed by atoms with E-state index in [1.165, 1.54) is 17.8 Å². The van der Waals surface area contributed by atoms with Crippen molar-refractivity contribution in [1.29, 1.82) is 0 Å². The summed E-state index contributed by atoms with van der Waals surface area (Å²) in [4.78, 5) is 17.1. The molecule has 1 fully saturated rings. The van der Waals surface area contributed by atoms with E-state index in [1.54, 1.807) is 12.1 Å². The van der Waals surface area contributed by atoms with Crippen molar-refractivity contribution >= 4 is 38.7 Å². The largest absolute Gasteiger partial charge is 0.460 e. The number of aliphatic hydroxyl groups excluding tert-OH is 1. The van der Waals surface area contributed by atoms with Gasteiger partial charge in [-0.2, -0.15) is 0 Å². The van der Waals surface area contributed by atoms with Gasteiger partial charge in [-0.25, -0.2) is 4.39 Å². The number of aliphatic hydroxyl groups is 1. The zero-order valence-electron chi connectivity index (χ0n) is 16.2. The Morgan fingerprint density at radius 2 is 2.25 bits per heavy atom. The third-order valence-electron chi connectivity index (χ3n) is 4.85. The van der Waals surface area contributed by atoms with E-state index >= 15 is 0 Å². The molecule has 1 saturated heterocycles. The lowest BCUT2D eigenvalue weighted by Gasteiger charge is -2.46. The van der Waals surface area contributed by atoms with E-state index in [0.29, 0.717) is 22.8 Å². The minimum atomic E-state index is -0.915. The van der Waals surface area contributed by atoms with E-state index in [2.05, 4.69) is 15.9 Å². The Morgan fingerprint density at radius 1 is 1.50 bits per heavy atom. The standard InChI is InChI=1S/C20H25BrFNO4S/c1-19(2,3)27-18(25)8-17-23-20(15-7-13(21)4-5-16(15)22)11-26-14(9-24)6-12(20)10-28-17/h4-5,7,12,14,24H,6,8-11H2,1-3H3/t12-,14+,20-/m0/s1. The number of thioether (sulfide) groups is 1. The Morgan fingerprint density at radius 3 is 2.93 bits per heavy atom. The smallest absolute Gasteiger partial charge is 0.312 e. The molecule has 0 aromatic heterocycles. The first kappa shape index (κ1) is 21.7. The quantitative estimate of drug-likeness (QED) is 0.667. The molecule has 5 nitrogen and oxygen atoms in total. The number of esters is 1. The van der Waals surface area contributed by atoms with Crippen LogP contribution in [-0.2, 0) is 19.8 Å². The molecule has 0 radical (unpaired) electrons. The number of ether oxygens (including phenoxy) is 2. The van der Waals surface area contributed by atoms with Crippen LogP contribution in [0, 0.1) is 11.7 Å².